The van der Waals surface area contributed by atoms with E-state index >= 15 is 0 Å². The van der Waals surface area contributed by atoms with E-state index in [4.69, 9.17) is 13.6 Å². The Bertz CT molecular complexity index is 634. The van der Waals surface area contributed by atoms with Crippen LogP contribution < -0.4 is 0 Å². The van der Waals surface area contributed by atoms with Gasteiger partial charge >= 0.3 is 0 Å². The largest absolute Gasteiger partial charge is 0.456 e. The SMILES string of the molecule is CCc1ccc(C(=O)N2CCOCC2c2nnc(C)o2)o1. The summed E-state index contributed by atoms with van der Waals surface area (Å²) in [7, 11) is 0. The highest BCUT2D eigenvalue weighted by molar-refractivity contribution is 5.91. The Kier molecular flexibility index (Phi) is 3.74. The van der Waals surface area contributed by atoms with Crippen LogP contribution in [0.2, 0.25) is 0 Å². The van der Waals surface area contributed by atoms with E-state index < -0.39 is 0 Å². The summed E-state index contributed by atoms with van der Waals surface area (Å²) in [6, 6.07) is 3.15. The fraction of sp³-hybridized carbons (Fsp3) is 0.500. The van der Waals surface area contributed by atoms with E-state index in [-0.39, 0.29) is 11.9 Å². The molecule has 1 aliphatic rings. The summed E-state index contributed by atoms with van der Waals surface area (Å²) in [5.74, 6) is 1.79. The molecule has 0 aliphatic carbocycles. The Labute approximate surface area is 121 Å². The summed E-state index contributed by atoms with van der Waals surface area (Å²) in [4.78, 5) is 14.3. The number of amides is 1. The number of ether oxygens (including phenoxy) is 1. The Morgan fingerprint density at radius 3 is 2.90 bits per heavy atom. The number of hydrogen-bond acceptors (Lipinski definition) is 6. The molecule has 1 unspecified atom stereocenters. The van der Waals surface area contributed by atoms with E-state index in [2.05, 4.69) is 10.2 Å². The molecule has 0 spiro atoms. The molecule has 0 aromatic carbocycles. The fourth-order valence-electron chi connectivity index (χ4n) is 2.32. The number of morpholine rings is 1. The van der Waals surface area contributed by atoms with Crippen LogP contribution in [0, 0.1) is 6.92 Å². The van der Waals surface area contributed by atoms with Crippen molar-refractivity contribution in [2.24, 2.45) is 0 Å². The van der Waals surface area contributed by atoms with Crippen LogP contribution in [0.5, 0.6) is 0 Å². The van der Waals surface area contributed by atoms with Gasteiger partial charge in [0, 0.05) is 19.9 Å². The van der Waals surface area contributed by atoms with Crippen molar-refractivity contribution in [2.75, 3.05) is 19.8 Å². The molecule has 1 amide bonds. The topological polar surface area (TPSA) is 81.6 Å². The number of nitrogens with zero attached hydrogens (tertiary/aromatic N) is 3. The molecule has 3 heterocycles. The molecule has 0 N–H and O–H groups in total. The first-order chi connectivity index (χ1) is 10.2. The highest BCUT2D eigenvalue weighted by atomic mass is 16.5. The van der Waals surface area contributed by atoms with Gasteiger partial charge in [0.1, 0.15) is 11.8 Å². The van der Waals surface area contributed by atoms with Gasteiger partial charge in [0.2, 0.25) is 11.8 Å². The summed E-state index contributed by atoms with van der Waals surface area (Å²) in [5, 5.41) is 7.81. The van der Waals surface area contributed by atoms with Gasteiger partial charge in [-0.2, -0.15) is 0 Å². The van der Waals surface area contributed by atoms with Crippen molar-refractivity contribution in [1.29, 1.82) is 0 Å². The lowest BCUT2D eigenvalue weighted by molar-refractivity contribution is -0.0121. The first kappa shape index (κ1) is 13.8. The van der Waals surface area contributed by atoms with E-state index in [1.54, 1.807) is 17.9 Å². The van der Waals surface area contributed by atoms with Crippen molar-refractivity contribution in [3.05, 3.63) is 35.4 Å². The second-order valence-electron chi connectivity index (χ2n) is 4.87. The van der Waals surface area contributed by atoms with Crippen molar-refractivity contribution in [1.82, 2.24) is 15.1 Å². The Balaban J connectivity index is 1.85. The normalized spacial score (nSPS) is 19.0. The molecule has 1 aliphatic heterocycles. The molecule has 2 aromatic heterocycles. The van der Waals surface area contributed by atoms with Crippen molar-refractivity contribution < 1.29 is 18.4 Å². The minimum Gasteiger partial charge on any atom is -0.456 e. The van der Waals surface area contributed by atoms with Crippen LogP contribution in [0.1, 0.15) is 41.1 Å². The van der Waals surface area contributed by atoms with Crippen molar-refractivity contribution in [3.8, 4) is 0 Å². The number of aromatic nitrogens is 2. The molecule has 1 atom stereocenters. The molecule has 2 aromatic rings. The average molecular weight is 291 g/mol. The molecule has 1 fully saturated rings. The third-order valence-electron chi connectivity index (χ3n) is 3.44. The monoisotopic (exact) mass is 291 g/mol. The van der Waals surface area contributed by atoms with Crippen LogP contribution in [0.3, 0.4) is 0 Å². The van der Waals surface area contributed by atoms with Crippen LogP contribution in [0.25, 0.3) is 0 Å². The van der Waals surface area contributed by atoms with Crippen molar-refractivity contribution >= 4 is 5.91 Å². The molecule has 21 heavy (non-hydrogen) atoms. The molecule has 0 saturated carbocycles. The molecule has 0 radical (unpaired) electrons. The summed E-state index contributed by atoms with van der Waals surface area (Å²) < 4.78 is 16.4. The lowest BCUT2D eigenvalue weighted by atomic mass is 10.2. The number of hydrogen-bond donors (Lipinski definition) is 0. The van der Waals surface area contributed by atoms with Crippen LogP contribution >= 0.6 is 0 Å². The minimum atomic E-state index is -0.373. The van der Waals surface area contributed by atoms with E-state index in [0.29, 0.717) is 37.3 Å². The number of rotatable bonds is 3. The van der Waals surface area contributed by atoms with Gasteiger partial charge in [-0.25, -0.2) is 0 Å². The standard InChI is InChI=1S/C14H17N3O4/c1-3-10-4-5-12(21-10)14(18)17-6-7-19-8-11(17)13-16-15-9(2)20-13/h4-5,11H,3,6-8H2,1-2H3. The van der Waals surface area contributed by atoms with Crippen LogP contribution in [-0.4, -0.2) is 40.8 Å². The molecular formula is C14H17N3O4. The maximum absolute atomic E-state index is 12.6. The van der Waals surface area contributed by atoms with Gasteiger partial charge in [0.05, 0.1) is 13.2 Å². The van der Waals surface area contributed by atoms with Gasteiger partial charge in [-0.05, 0) is 12.1 Å². The van der Waals surface area contributed by atoms with Gasteiger partial charge < -0.3 is 18.5 Å². The third-order valence-corrected chi connectivity index (χ3v) is 3.44. The number of furan rings is 1. The molecule has 7 heteroatoms. The van der Waals surface area contributed by atoms with Crippen molar-refractivity contribution in [3.63, 3.8) is 0 Å². The lowest BCUT2D eigenvalue weighted by Crippen LogP contribution is -2.43. The number of carbonyl (C=O) groups is 1. The predicted octanol–water partition coefficient (Wildman–Crippen LogP) is 1.75. The summed E-state index contributed by atoms with van der Waals surface area (Å²) in [5.41, 5.74) is 0. The first-order valence-corrected chi connectivity index (χ1v) is 6.96. The highest BCUT2D eigenvalue weighted by Crippen LogP contribution is 2.25. The van der Waals surface area contributed by atoms with E-state index in [1.807, 2.05) is 13.0 Å². The van der Waals surface area contributed by atoms with Crippen LogP contribution in [0.15, 0.2) is 21.0 Å². The summed E-state index contributed by atoms with van der Waals surface area (Å²) in [6.45, 7) is 4.98. The maximum atomic E-state index is 12.6. The predicted molar refractivity (Wildman–Crippen MR) is 71.7 cm³/mol. The van der Waals surface area contributed by atoms with E-state index in [9.17, 15) is 4.79 Å². The highest BCUT2D eigenvalue weighted by Gasteiger charge is 2.34. The number of aryl methyl sites for hydroxylation is 2. The second kappa shape index (κ2) is 5.69. The second-order valence-corrected chi connectivity index (χ2v) is 4.87. The van der Waals surface area contributed by atoms with Gasteiger partial charge in [-0.3, -0.25) is 4.79 Å². The van der Waals surface area contributed by atoms with Gasteiger partial charge in [0.15, 0.2) is 5.76 Å². The van der Waals surface area contributed by atoms with E-state index in [1.165, 1.54) is 0 Å². The molecule has 3 rings (SSSR count). The number of carbonyl (C=O) groups excluding carboxylic acids is 1. The lowest BCUT2D eigenvalue weighted by Gasteiger charge is -2.32. The Morgan fingerprint density at radius 2 is 2.24 bits per heavy atom. The van der Waals surface area contributed by atoms with Crippen LogP contribution in [0.4, 0.5) is 0 Å². The third kappa shape index (κ3) is 2.69. The summed E-state index contributed by atoms with van der Waals surface area (Å²) >= 11 is 0. The van der Waals surface area contributed by atoms with Crippen LogP contribution in [-0.2, 0) is 11.2 Å². The zero-order valence-corrected chi connectivity index (χ0v) is 12.0. The molecule has 1 saturated heterocycles. The molecule has 7 nitrogen and oxygen atoms in total. The van der Waals surface area contributed by atoms with Gasteiger partial charge in [0.25, 0.3) is 5.91 Å². The summed E-state index contributed by atoms with van der Waals surface area (Å²) in [6.07, 6.45) is 0.753. The molecular weight excluding hydrogens is 274 g/mol. The van der Waals surface area contributed by atoms with E-state index in [0.717, 1.165) is 12.2 Å². The molecule has 0 bridgehead atoms. The zero-order chi connectivity index (χ0) is 14.8. The minimum absolute atomic E-state index is 0.182. The van der Waals surface area contributed by atoms with Gasteiger partial charge in [-0.15, -0.1) is 10.2 Å². The van der Waals surface area contributed by atoms with Crippen molar-refractivity contribution in [2.45, 2.75) is 26.3 Å². The Morgan fingerprint density at radius 1 is 1.38 bits per heavy atom. The maximum Gasteiger partial charge on any atom is 0.290 e. The fourth-order valence-corrected chi connectivity index (χ4v) is 2.32. The molecule has 112 valence electrons. The zero-order valence-electron chi connectivity index (χ0n) is 12.0. The quantitative estimate of drug-likeness (QED) is 0.857. The first-order valence-electron chi connectivity index (χ1n) is 6.96. The van der Waals surface area contributed by atoms with Gasteiger partial charge in [-0.1, -0.05) is 6.92 Å². The Hall–Kier alpha value is -2.15. The smallest absolute Gasteiger partial charge is 0.290 e. The average Bonchev–Trinajstić information content (AvgIpc) is 3.15.